The number of hydrogen-bond donors (Lipinski definition) is 0. The van der Waals surface area contributed by atoms with E-state index < -0.39 is 18.2 Å². The molecule has 2 aromatic rings. The zero-order valence-electron chi connectivity index (χ0n) is 12.6. The molecule has 0 fully saturated rings. The van der Waals surface area contributed by atoms with Crippen LogP contribution in [0.4, 0.5) is 13.2 Å². The van der Waals surface area contributed by atoms with Crippen LogP contribution in [-0.4, -0.2) is 35.3 Å². The molecule has 1 unspecified atom stereocenters. The maximum absolute atomic E-state index is 12.7. The number of esters is 1. The van der Waals surface area contributed by atoms with E-state index in [0.29, 0.717) is 10.6 Å². The summed E-state index contributed by atoms with van der Waals surface area (Å²) >= 11 is 5.80. The summed E-state index contributed by atoms with van der Waals surface area (Å²) in [6.07, 6.45) is -5.68. The minimum Gasteiger partial charge on any atom is -0.464 e. The van der Waals surface area contributed by atoms with Crippen molar-refractivity contribution >= 4 is 17.6 Å². The van der Waals surface area contributed by atoms with E-state index >= 15 is 0 Å². The van der Waals surface area contributed by atoms with Crippen molar-refractivity contribution in [3.8, 4) is 17.1 Å². The Bertz CT molecular complexity index is 736. The fourth-order valence-corrected chi connectivity index (χ4v) is 1.82. The molecule has 0 N–H and O–H groups in total. The van der Waals surface area contributed by atoms with Gasteiger partial charge in [0.25, 0.3) is 0 Å². The van der Waals surface area contributed by atoms with Crippen molar-refractivity contribution in [2.24, 2.45) is 0 Å². The van der Waals surface area contributed by atoms with Crippen LogP contribution in [0.3, 0.4) is 0 Å². The summed E-state index contributed by atoms with van der Waals surface area (Å²) in [4.78, 5) is 19.4. The van der Waals surface area contributed by atoms with Gasteiger partial charge in [0, 0.05) is 10.6 Å². The van der Waals surface area contributed by atoms with E-state index in [4.69, 9.17) is 16.3 Å². The second-order valence-corrected chi connectivity index (χ2v) is 5.15. The summed E-state index contributed by atoms with van der Waals surface area (Å²) in [5.74, 6) is -1.12. The maximum atomic E-state index is 12.7. The lowest BCUT2D eigenvalue weighted by Crippen LogP contribution is -2.31. The Morgan fingerprint density at radius 1 is 1.25 bits per heavy atom. The number of benzene rings is 1. The van der Waals surface area contributed by atoms with Gasteiger partial charge in [0.1, 0.15) is 5.69 Å². The molecule has 9 heteroatoms. The average Bonchev–Trinajstić information content (AvgIpc) is 2.54. The van der Waals surface area contributed by atoms with E-state index in [1.807, 2.05) is 0 Å². The molecule has 0 spiro atoms. The molecule has 0 aliphatic rings. The predicted molar refractivity (Wildman–Crippen MR) is 80.0 cm³/mol. The Hall–Kier alpha value is -2.35. The van der Waals surface area contributed by atoms with Crippen molar-refractivity contribution in [2.75, 3.05) is 7.11 Å². The molecule has 1 aromatic carbocycles. The van der Waals surface area contributed by atoms with Gasteiger partial charge in [-0.25, -0.2) is 14.8 Å². The lowest BCUT2D eigenvalue weighted by Gasteiger charge is -2.18. The summed E-state index contributed by atoms with van der Waals surface area (Å²) in [5, 5.41) is 0.432. The molecule has 0 saturated heterocycles. The third kappa shape index (κ3) is 4.14. The lowest BCUT2D eigenvalue weighted by molar-refractivity contribution is -0.189. The Balaban J connectivity index is 2.49. The Labute approximate surface area is 140 Å². The van der Waals surface area contributed by atoms with Crippen LogP contribution in [0.1, 0.15) is 17.4 Å². The van der Waals surface area contributed by atoms with Crippen LogP contribution in [0.2, 0.25) is 5.02 Å². The number of nitrogens with zero attached hydrogens (tertiary/aromatic N) is 2. The van der Waals surface area contributed by atoms with Gasteiger partial charge in [-0.05, 0) is 19.1 Å². The molecular weight excluding hydrogens is 349 g/mol. The van der Waals surface area contributed by atoms with Crippen molar-refractivity contribution < 1.29 is 27.4 Å². The van der Waals surface area contributed by atoms with E-state index in [-0.39, 0.29) is 17.3 Å². The molecule has 0 aliphatic carbocycles. The number of rotatable bonds is 4. The number of carbonyl (C=O) groups is 1. The molecule has 0 radical (unpaired) electrons. The zero-order valence-corrected chi connectivity index (χ0v) is 13.4. The monoisotopic (exact) mass is 360 g/mol. The highest BCUT2D eigenvalue weighted by molar-refractivity contribution is 6.30. The molecule has 0 aliphatic heterocycles. The lowest BCUT2D eigenvalue weighted by atomic mass is 10.1. The van der Waals surface area contributed by atoms with Gasteiger partial charge >= 0.3 is 12.1 Å². The minimum absolute atomic E-state index is 0.0225. The Kier molecular flexibility index (Phi) is 5.28. The van der Waals surface area contributed by atoms with Gasteiger partial charge in [0.2, 0.25) is 5.88 Å². The van der Waals surface area contributed by atoms with Crippen molar-refractivity contribution in [3.63, 3.8) is 0 Å². The third-order valence-electron chi connectivity index (χ3n) is 3.00. The normalized spacial score (nSPS) is 12.6. The zero-order chi connectivity index (χ0) is 17.9. The van der Waals surface area contributed by atoms with Gasteiger partial charge in [-0.15, -0.1) is 0 Å². The first kappa shape index (κ1) is 18.0. The van der Waals surface area contributed by atoms with E-state index in [1.165, 1.54) is 24.3 Å². The summed E-state index contributed by atoms with van der Waals surface area (Å²) < 4.78 is 47.6. The van der Waals surface area contributed by atoms with E-state index in [2.05, 4.69) is 14.7 Å². The van der Waals surface area contributed by atoms with Crippen molar-refractivity contribution in [1.29, 1.82) is 0 Å². The quantitative estimate of drug-likeness (QED) is 0.773. The summed E-state index contributed by atoms with van der Waals surface area (Å²) in [6, 6.07) is 6.11. The first-order chi connectivity index (χ1) is 11.2. The van der Waals surface area contributed by atoms with Gasteiger partial charge < -0.3 is 9.47 Å². The second-order valence-electron chi connectivity index (χ2n) is 4.71. The molecule has 0 bridgehead atoms. The van der Waals surface area contributed by atoms with Gasteiger partial charge in [-0.1, -0.05) is 23.7 Å². The maximum Gasteiger partial charge on any atom is 0.425 e. The number of ether oxygens (including phenoxy) is 2. The number of hydrogen-bond acceptors (Lipinski definition) is 5. The summed E-state index contributed by atoms with van der Waals surface area (Å²) in [5.41, 5.74) is 0.210. The highest BCUT2D eigenvalue weighted by atomic mass is 35.5. The topological polar surface area (TPSA) is 61.3 Å². The van der Waals surface area contributed by atoms with Crippen LogP contribution in [0.15, 0.2) is 30.5 Å². The highest BCUT2D eigenvalue weighted by Gasteiger charge is 2.39. The van der Waals surface area contributed by atoms with Crippen LogP contribution in [0, 0.1) is 0 Å². The molecule has 0 amide bonds. The van der Waals surface area contributed by atoms with E-state index in [9.17, 15) is 18.0 Å². The molecule has 2 rings (SSSR count). The van der Waals surface area contributed by atoms with E-state index in [1.54, 1.807) is 0 Å². The number of alkyl halides is 3. The summed E-state index contributed by atoms with van der Waals surface area (Å²) in [7, 11) is 1.15. The molecule has 24 heavy (non-hydrogen) atoms. The number of methoxy groups -OCH3 is 1. The molecule has 1 atom stereocenters. The first-order valence-electron chi connectivity index (χ1n) is 6.67. The molecule has 5 nitrogen and oxygen atoms in total. The highest BCUT2D eigenvalue weighted by Crippen LogP contribution is 2.31. The van der Waals surface area contributed by atoms with Gasteiger partial charge in [0.05, 0.1) is 13.3 Å². The van der Waals surface area contributed by atoms with Crippen molar-refractivity contribution in [3.05, 3.63) is 41.2 Å². The first-order valence-corrected chi connectivity index (χ1v) is 7.05. The van der Waals surface area contributed by atoms with Crippen LogP contribution >= 0.6 is 11.6 Å². The van der Waals surface area contributed by atoms with Crippen molar-refractivity contribution in [1.82, 2.24) is 9.97 Å². The van der Waals surface area contributed by atoms with Crippen LogP contribution in [-0.2, 0) is 4.74 Å². The van der Waals surface area contributed by atoms with Crippen LogP contribution < -0.4 is 4.74 Å². The Morgan fingerprint density at radius 2 is 1.88 bits per heavy atom. The second kappa shape index (κ2) is 7.04. The van der Waals surface area contributed by atoms with Gasteiger partial charge in [-0.3, -0.25) is 0 Å². The average molecular weight is 361 g/mol. The minimum atomic E-state index is -4.57. The van der Waals surface area contributed by atoms with E-state index in [0.717, 1.165) is 20.2 Å². The fraction of sp³-hybridized carbons (Fsp3) is 0.267. The Morgan fingerprint density at radius 3 is 2.42 bits per heavy atom. The standard InChI is InChI=1S/C15H12ClF3N2O3/c1-8(15(17,18)19)24-13-12(9-3-5-10(16)6-4-9)21-11(7-20-13)14(22)23-2/h3-8H,1-2H3. The van der Waals surface area contributed by atoms with Gasteiger partial charge in [-0.2, -0.15) is 13.2 Å². The largest absolute Gasteiger partial charge is 0.464 e. The number of halogens is 4. The summed E-state index contributed by atoms with van der Waals surface area (Å²) in [6.45, 7) is 0.849. The van der Waals surface area contributed by atoms with Crippen LogP contribution in [0.25, 0.3) is 11.3 Å². The smallest absolute Gasteiger partial charge is 0.425 e. The fourth-order valence-electron chi connectivity index (χ4n) is 1.70. The molecular formula is C15H12ClF3N2O3. The SMILES string of the molecule is COC(=O)c1cnc(OC(C)C(F)(F)F)c(-c2ccc(Cl)cc2)n1. The number of aromatic nitrogens is 2. The third-order valence-corrected chi connectivity index (χ3v) is 3.25. The van der Waals surface area contributed by atoms with Gasteiger partial charge in [0.15, 0.2) is 11.8 Å². The molecule has 1 aromatic heterocycles. The predicted octanol–water partition coefficient (Wildman–Crippen LogP) is 3.91. The number of carbonyl (C=O) groups excluding carboxylic acids is 1. The molecule has 1 heterocycles. The molecule has 128 valence electrons. The van der Waals surface area contributed by atoms with Crippen LogP contribution in [0.5, 0.6) is 5.88 Å². The van der Waals surface area contributed by atoms with Crippen molar-refractivity contribution in [2.45, 2.75) is 19.2 Å². The molecule has 0 saturated carbocycles.